The summed E-state index contributed by atoms with van der Waals surface area (Å²) in [4.78, 5) is 38.1. The van der Waals surface area contributed by atoms with Gasteiger partial charge in [0.1, 0.15) is 13.2 Å². The van der Waals surface area contributed by atoms with Crippen molar-refractivity contribution in [1.82, 2.24) is 0 Å². The van der Waals surface area contributed by atoms with Crippen LogP contribution in [0.5, 0.6) is 0 Å². The molecule has 0 aromatic carbocycles. The van der Waals surface area contributed by atoms with Gasteiger partial charge in [0.2, 0.25) is 0 Å². The van der Waals surface area contributed by atoms with Gasteiger partial charge in [-0.2, -0.15) is 0 Å². The third-order valence-corrected chi connectivity index (χ3v) is 13.8. The van der Waals surface area contributed by atoms with Crippen LogP contribution in [-0.4, -0.2) is 37.2 Å². The van der Waals surface area contributed by atoms with E-state index in [1.807, 2.05) is 0 Å². The molecule has 0 radical (unpaired) electrons. The number of rotatable bonds is 58. The number of ether oxygens (including phenoxy) is 3. The van der Waals surface area contributed by atoms with E-state index in [0.717, 1.165) is 103 Å². The molecule has 1 unspecified atom stereocenters. The first-order chi connectivity index (χ1) is 37.5. The van der Waals surface area contributed by atoms with Crippen molar-refractivity contribution in [2.45, 2.75) is 316 Å². The van der Waals surface area contributed by atoms with Crippen LogP contribution in [0.3, 0.4) is 0 Å². The fourth-order valence-corrected chi connectivity index (χ4v) is 8.98. The smallest absolute Gasteiger partial charge is 0.306 e. The first-order valence-electron chi connectivity index (χ1n) is 32.2. The molecule has 1 atom stereocenters. The molecule has 0 amide bonds. The lowest BCUT2D eigenvalue weighted by atomic mass is 10.0. The van der Waals surface area contributed by atoms with E-state index in [-0.39, 0.29) is 37.5 Å². The molecule has 436 valence electrons. The molecule has 0 aliphatic rings. The van der Waals surface area contributed by atoms with Crippen LogP contribution in [0.25, 0.3) is 0 Å². The molecule has 0 bridgehead atoms. The second-order valence-corrected chi connectivity index (χ2v) is 21.3. The second-order valence-electron chi connectivity index (χ2n) is 21.3. The monoisotopic (exact) mass is 1060 g/mol. The summed E-state index contributed by atoms with van der Waals surface area (Å²) in [6, 6.07) is 0. The Labute approximate surface area is 470 Å². The van der Waals surface area contributed by atoms with Crippen LogP contribution >= 0.6 is 0 Å². The highest BCUT2D eigenvalue weighted by Crippen LogP contribution is 2.17. The standard InChI is InChI=1S/C70H120O6/c1-4-7-10-13-16-19-22-24-26-28-29-30-31-32-33-34-35-36-37-38-39-40-41-43-44-46-48-51-54-57-60-63-69(72)75-66-67(65-74-68(71)62-59-56-53-50-21-18-15-12-9-6-3)76-70(73)64-61-58-55-52-49-47-45-42-27-25-23-20-17-14-11-8-5-2/h8,11-12,15,17,20,22,24-25,27-29,45,47,52,55,67H,4-7,9-10,13-14,16,18-19,21,23,26,30-44,46,48-51,53-54,56-66H2,1-3H3/b11-8-,15-12-,20-17-,24-22-,27-25-,29-28-,47-45-,55-52-. The Hall–Kier alpha value is -3.67. The highest BCUT2D eigenvalue weighted by atomic mass is 16.6. The van der Waals surface area contributed by atoms with Gasteiger partial charge in [-0.05, 0) is 109 Å². The van der Waals surface area contributed by atoms with Crippen molar-refractivity contribution in [2.75, 3.05) is 13.2 Å². The third-order valence-electron chi connectivity index (χ3n) is 13.8. The quantitative estimate of drug-likeness (QED) is 0.0261. The van der Waals surface area contributed by atoms with Gasteiger partial charge in [-0.1, -0.05) is 279 Å². The average molecular weight is 1060 g/mol. The second kappa shape index (κ2) is 63.9. The normalized spacial score (nSPS) is 12.7. The first kappa shape index (κ1) is 72.3. The molecule has 0 N–H and O–H groups in total. The van der Waals surface area contributed by atoms with Crippen molar-refractivity contribution < 1.29 is 28.6 Å². The molecular formula is C70H120O6. The lowest BCUT2D eigenvalue weighted by Crippen LogP contribution is -2.30. The summed E-state index contributed by atoms with van der Waals surface area (Å²) in [5, 5.41) is 0. The number of carbonyl (C=O) groups excluding carboxylic acids is 3. The predicted octanol–water partition coefficient (Wildman–Crippen LogP) is 22.0. The Morgan fingerprint density at radius 3 is 0.908 bits per heavy atom. The summed E-state index contributed by atoms with van der Waals surface area (Å²) in [6.07, 6.45) is 85.9. The van der Waals surface area contributed by atoms with Gasteiger partial charge in [0, 0.05) is 19.3 Å². The average Bonchev–Trinajstić information content (AvgIpc) is 3.42. The first-order valence-corrected chi connectivity index (χ1v) is 32.2. The van der Waals surface area contributed by atoms with Gasteiger partial charge in [-0.3, -0.25) is 14.4 Å². The summed E-state index contributed by atoms with van der Waals surface area (Å²) in [5.41, 5.74) is 0. The summed E-state index contributed by atoms with van der Waals surface area (Å²) in [7, 11) is 0. The number of allylic oxidation sites excluding steroid dienone is 16. The van der Waals surface area contributed by atoms with E-state index < -0.39 is 6.10 Å². The fraction of sp³-hybridized carbons (Fsp3) is 0.729. The van der Waals surface area contributed by atoms with Crippen LogP contribution in [-0.2, 0) is 28.6 Å². The van der Waals surface area contributed by atoms with E-state index in [1.54, 1.807) is 0 Å². The van der Waals surface area contributed by atoms with Crippen molar-refractivity contribution in [3.05, 3.63) is 97.2 Å². The van der Waals surface area contributed by atoms with E-state index in [4.69, 9.17) is 14.2 Å². The van der Waals surface area contributed by atoms with Gasteiger partial charge >= 0.3 is 17.9 Å². The molecule has 0 spiro atoms. The molecule has 76 heavy (non-hydrogen) atoms. The highest BCUT2D eigenvalue weighted by Gasteiger charge is 2.19. The lowest BCUT2D eigenvalue weighted by molar-refractivity contribution is -0.167. The van der Waals surface area contributed by atoms with Crippen LogP contribution < -0.4 is 0 Å². The molecule has 0 saturated heterocycles. The summed E-state index contributed by atoms with van der Waals surface area (Å²) >= 11 is 0. The van der Waals surface area contributed by atoms with E-state index in [2.05, 4.69) is 118 Å². The molecule has 6 nitrogen and oxygen atoms in total. The number of hydrogen-bond donors (Lipinski definition) is 0. The maximum atomic E-state index is 12.8. The molecule has 0 fully saturated rings. The lowest BCUT2D eigenvalue weighted by Gasteiger charge is -2.18. The zero-order valence-corrected chi connectivity index (χ0v) is 50.0. The third kappa shape index (κ3) is 61.2. The molecule has 0 heterocycles. The van der Waals surface area contributed by atoms with Gasteiger partial charge < -0.3 is 14.2 Å². The van der Waals surface area contributed by atoms with Crippen molar-refractivity contribution in [1.29, 1.82) is 0 Å². The van der Waals surface area contributed by atoms with E-state index in [0.29, 0.717) is 19.3 Å². The van der Waals surface area contributed by atoms with E-state index in [9.17, 15) is 14.4 Å². The van der Waals surface area contributed by atoms with Gasteiger partial charge in [0.15, 0.2) is 6.10 Å². The van der Waals surface area contributed by atoms with Gasteiger partial charge in [0.05, 0.1) is 0 Å². The number of unbranched alkanes of at least 4 members (excludes halogenated alkanes) is 31. The molecule has 0 aromatic rings. The SMILES string of the molecule is CC/C=C\C/C=C\C/C=C\C/C=C\C/C=C\CCCC(=O)OC(COC(=O)CCCCCCC/C=C\CCC)COC(=O)CCCCCCCCCCCCCCCCCCCCC/C=C\C/C=C\CCCCCCC. The van der Waals surface area contributed by atoms with Crippen molar-refractivity contribution in [3.8, 4) is 0 Å². The van der Waals surface area contributed by atoms with Crippen molar-refractivity contribution in [3.63, 3.8) is 0 Å². The molecule has 6 heteroatoms. The maximum Gasteiger partial charge on any atom is 0.306 e. The zero-order chi connectivity index (χ0) is 55.0. The van der Waals surface area contributed by atoms with Gasteiger partial charge in [0.25, 0.3) is 0 Å². The summed E-state index contributed by atoms with van der Waals surface area (Å²) in [6.45, 7) is 6.42. The number of carbonyl (C=O) groups is 3. The minimum Gasteiger partial charge on any atom is -0.462 e. The Kier molecular flexibility index (Phi) is 60.8. The van der Waals surface area contributed by atoms with E-state index >= 15 is 0 Å². The fourth-order valence-electron chi connectivity index (χ4n) is 8.98. The predicted molar refractivity (Wildman–Crippen MR) is 330 cm³/mol. The molecule has 0 aliphatic carbocycles. The van der Waals surface area contributed by atoms with Crippen LogP contribution in [0.4, 0.5) is 0 Å². The maximum absolute atomic E-state index is 12.8. The topological polar surface area (TPSA) is 78.9 Å². The van der Waals surface area contributed by atoms with Crippen LogP contribution in [0.1, 0.15) is 310 Å². The van der Waals surface area contributed by atoms with Crippen molar-refractivity contribution in [2.24, 2.45) is 0 Å². The zero-order valence-electron chi connectivity index (χ0n) is 50.0. The van der Waals surface area contributed by atoms with Crippen LogP contribution in [0.2, 0.25) is 0 Å². The molecule has 0 aromatic heterocycles. The summed E-state index contributed by atoms with van der Waals surface area (Å²) in [5.74, 6) is -0.964. The molecule has 0 rings (SSSR count). The van der Waals surface area contributed by atoms with Gasteiger partial charge in [-0.25, -0.2) is 0 Å². The summed E-state index contributed by atoms with van der Waals surface area (Å²) < 4.78 is 16.8. The highest BCUT2D eigenvalue weighted by molar-refractivity contribution is 5.71. The Morgan fingerprint density at radius 1 is 0.276 bits per heavy atom. The number of esters is 3. The van der Waals surface area contributed by atoms with Crippen molar-refractivity contribution >= 4 is 17.9 Å². The van der Waals surface area contributed by atoms with Crippen LogP contribution in [0, 0.1) is 0 Å². The Morgan fingerprint density at radius 2 is 0.553 bits per heavy atom. The van der Waals surface area contributed by atoms with E-state index in [1.165, 1.54) is 161 Å². The Balaban J connectivity index is 4.17. The van der Waals surface area contributed by atoms with Crippen LogP contribution in [0.15, 0.2) is 97.2 Å². The molecule has 0 saturated carbocycles. The number of hydrogen-bond acceptors (Lipinski definition) is 6. The molecular weight excluding hydrogens is 937 g/mol. The minimum absolute atomic E-state index is 0.101. The largest absolute Gasteiger partial charge is 0.462 e. The minimum atomic E-state index is -0.810. The molecule has 0 aliphatic heterocycles. The Bertz CT molecular complexity index is 1490. The van der Waals surface area contributed by atoms with Gasteiger partial charge in [-0.15, -0.1) is 0 Å².